The fourth-order valence-electron chi connectivity index (χ4n) is 1.19. The van der Waals surface area contributed by atoms with E-state index in [9.17, 15) is 13.2 Å². The normalized spacial score (nSPS) is 11.6. The van der Waals surface area contributed by atoms with E-state index < -0.39 is 12.0 Å². The van der Waals surface area contributed by atoms with Crippen molar-refractivity contribution in [2.24, 2.45) is 7.05 Å². The zero-order chi connectivity index (χ0) is 14.0. The molecule has 0 spiro atoms. The van der Waals surface area contributed by atoms with Gasteiger partial charge in [0, 0.05) is 20.2 Å². The Morgan fingerprint density at radius 1 is 1.32 bits per heavy atom. The van der Waals surface area contributed by atoms with Gasteiger partial charge < -0.3 is 9.88 Å². The lowest BCUT2D eigenvalue weighted by Crippen LogP contribution is -2.13. The van der Waals surface area contributed by atoms with Gasteiger partial charge in [-0.15, -0.1) is 10.2 Å². The van der Waals surface area contributed by atoms with Crippen LogP contribution in [0.4, 0.5) is 19.0 Å². The number of hydrogen-bond donors (Lipinski definition) is 1. The number of halogens is 3. The van der Waals surface area contributed by atoms with Crippen molar-refractivity contribution in [2.75, 3.05) is 12.4 Å². The van der Waals surface area contributed by atoms with Gasteiger partial charge >= 0.3 is 6.18 Å². The molecule has 0 aromatic carbocycles. The molecule has 0 fully saturated rings. The molecule has 6 nitrogen and oxygen atoms in total. The molecule has 0 bridgehead atoms. The van der Waals surface area contributed by atoms with Crippen LogP contribution in [0.3, 0.4) is 0 Å². The highest BCUT2D eigenvalue weighted by Gasteiger charge is 2.35. The highest BCUT2D eigenvalue weighted by atomic mass is 32.2. The molecule has 102 valence electrons. The second kappa shape index (κ2) is 5.03. The van der Waals surface area contributed by atoms with Gasteiger partial charge in [-0.05, 0) is 11.8 Å². The van der Waals surface area contributed by atoms with E-state index >= 15 is 0 Å². The summed E-state index contributed by atoms with van der Waals surface area (Å²) < 4.78 is 39.5. The van der Waals surface area contributed by atoms with E-state index in [1.165, 1.54) is 19.4 Å². The minimum absolute atomic E-state index is 0.0898. The smallest absolute Gasteiger partial charge is 0.373 e. The van der Waals surface area contributed by atoms with Gasteiger partial charge in [0.25, 0.3) is 0 Å². The monoisotopic (exact) mass is 290 g/mol. The summed E-state index contributed by atoms with van der Waals surface area (Å²) in [5, 5.41) is 10.6. The van der Waals surface area contributed by atoms with E-state index in [-0.39, 0.29) is 10.8 Å². The number of alkyl halides is 3. The first-order valence-electron chi connectivity index (χ1n) is 5.06. The van der Waals surface area contributed by atoms with Crippen LogP contribution >= 0.6 is 11.8 Å². The number of aryl methyl sites for hydroxylation is 1. The first kappa shape index (κ1) is 13.6. The molecule has 2 aromatic heterocycles. The Labute approximate surface area is 110 Å². The number of nitrogens with one attached hydrogen (secondary N) is 1. The Morgan fingerprint density at radius 3 is 2.58 bits per heavy atom. The van der Waals surface area contributed by atoms with Crippen molar-refractivity contribution >= 4 is 17.6 Å². The third-order valence-corrected chi connectivity index (χ3v) is 3.05. The molecule has 0 atom stereocenters. The minimum atomic E-state index is -4.60. The zero-order valence-corrected chi connectivity index (χ0v) is 10.7. The second-order valence-electron chi connectivity index (χ2n) is 3.49. The lowest BCUT2D eigenvalue weighted by atomic mass is 10.5. The van der Waals surface area contributed by atoms with E-state index in [4.69, 9.17) is 0 Å². The molecule has 2 heterocycles. The van der Waals surface area contributed by atoms with E-state index in [0.29, 0.717) is 5.16 Å². The maximum Gasteiger partial charge on any atom is 0.451 e. The number of anilines is 1. The SMILES string of the molecule is CNc1cc(Sc2nncn2C)nc(C(F)(F)F)n1. The van der Waals surface area contributed by atoms with Crippen LogP contribution in [-0.4, -0.2) is 31.8 Å². The fraction of sp³-hybridized carbons (Fsp3) is 0.333. The number of nitrogens with zero attached hydrogens (tertiary/aromatic N) is 5. The van der Waals surface area contributed by atoms with Crippen molar-refractivity contribution in [1.82, 2.24) is 24.7 Å². The molecule has 0 unspecified atom stereocenters. The van der Waals surface area contributed by atoms with Gasteiger partial charge in [0.05, 0.1) is 0 Å². The summed E-state index contributed by atoms with van der Waals surface area (Å²) >= 11 is 0.979. The van der Waals surface area contributed by atoms with Gasteiger partial charge in [0.15, 0.2) is 5.16 Å². The highest BCUT2D eigenvalue weighted by molar-refractivity contribution is 7.99. The molecule has 0 saturated carbocycles. The van der Waals surface area contributed by atoms with E-state index in [2.05, 4.69) is 25.5 Å². The predicted molar refractivity (Wildman–Crippen MR) is 61.7 cm³/mol. The topological polar surface area (TPSA) is 68.5 Å². The quantitative estimate of drug-likeness (QED) is 0.870. The maximum absolute atomic E-state index is 12.6. The molecule has 0 radical (unpaired) electrons. The molecule has 19 heavy (non-hydrogen) atoms. The van der Waals surface area contributed by atoms with Crippen molar-refractivity contribution in [3.8, 4) is 0 Å². The van der Waals surface area contributed by atoms with E-state index in [0.717, 1.165) is 11.8 Å². The van der Waals surface area contributed by atoms with Gasteiger partial charge in [-0.2, -0.15) is 13.2 Å². The highest BCUT2D eigenvalue weighted by Crippen LogP contribution is 2.31. The van der Waals surface area contributed by atoms with Crippen molar-refractivity contribution < 1.29 is 13.2 Å². The molecule has 2 rings (SSSR count). The molecule has 1 N–H and O–H groups in total. The molecule has 0 amide bonds. The summed E-state index contributed by atoms with van der Waals surface area (Å²) in [6, 6.07) is 1.41. The minimum Gasteiger partial charge on any atom is -0.373 e. The fourth-order valence-corrected chi connectivity index (χ4v) is 1.96. The molecule has 0 saturated heterocycles. The standard InChI is InChI=1S/C9H9F3N6S/c1-13-5-3-6(16-7(15-5)9(10,11)12)19-8-17-14-4-18(8)2/h3-4H,1-2H3,(H,13,15,16). The molecule has 0 aliphatic rings. The summed E-state index contributed by atoms with van der Waals surface area (Å²) in [6.45, 7) is 0. The Hall–Kier alpha value is -1.84. The van der Waals surface area contributed by atoms with Crippen molar-refractivity contribution in [1.29, 1.82) is 0 Å². The van der Waals surface area contributed by atoms with Crippen LogP contribution in [0.2, 0.25) is 0 Å². The lowest BCUT2D eigenvalue weighted by Gasteiger charge is -2.09. The van der Waals surface area contributed by atoms with Crippen LogP contribution in [0.25, 0.3) is 0 Å². The molecular weight excluding hydrogens is 281 g/mol. The Morgan fingerprint density at radius 2 is 2.05 bits per heavy atom. The van der Waals surface area contributed by atoms with Crippen LogP contribution in [-0.2, 0) is 13.2 Å². The Kier molecular flexibility index (Phi) is 3.60. The van der Waals surface area contributed by atoms with Gasteiger partial charge in [0.1, 0.15) is 17.2 Å². The summed E-state index contributed by atoms with van der Waals surface area (Å²) in [4.78, 5) is 6.85. The number of hydrogen-bond acceptors (Lipinski definition) is 6. The molecular formula is C9H9F3N6S. The Balaban J connectivity index is 2.37. The predicted octanol–water partition coefficient (Wildman–Crippen LogP) is 1.82. The zero-order valence-electron chi connectivity index (χ0n) is 9.93. The molecule has 10 heteroatoms. The van der Waals surface area contributed by atoms with Crippen LogP contribution in [0, 0.1) is 0 Å². The average Bonchev–Trinajstić information content (AvgIpc) is 2.73. The molecule has 2 aromatic rings. The maximum atomic E-state index is 12.6. The van der Waals surface area contributed by atoms with Crippen LogP contribution < -0.4 is 5.32 Å². The van der Waals surface area contributed by atoms with Crippen molar-refractivity contribution in [3.63, 3.8) is 0 Å². The van der Waals surface area contributed by atoms with Gasteiger partial charge in [0.2, 0.25) is 5.82 Å². The van der Waals surface area contributed by atoms with Crippen molar-refractivity contribution in [3.05, 3.63) is 18.2 Å². The average molecular weight is 290 g/mol. The summed E-state index contributed by atoms with van der Waals surface area (Å²) in [6.07, 6.45) is -3.14. The largest absolute Gasteiger partial charge is 0.451 e. The van der Waals surface area contributed by atoms with E-state index in [1.54, 1.807) is 11.6 Å². The van der Waals surface area contributed by atoms with E-state index in [1.807, 2.05) is 0 Å². The third-order valence-electron chi connectivity index (χ3n) is 2.08. The second-order valence-corrected chi connectivity index (χ2v) is 4.48. The first-order chi connectivity index (χ1) is 8.90. The summed E-state index contributed by atoms with van der Waals surface area (Å²) in [7, 11) is 3.17. The van der Waals surface area contributed by atoms with Crippen LogP contribution in [0.15, 0.2) is 22.6 Å². The summed E-state index contributed by atoms with van der Waals surface area (Å²) in [5.74, 6) is -1.10. The van der Waals surface area contributed by atoms with Crippen LogP contribution in [0.1, 0.15) is 5.82 Å². The van der Waals surface area contributed by atoms with Gasteiger partial charge in [-0.3, -0.25) is 0 Å². The molecule has 0 aliphatic carbocycles. The van der Waals surface area contributed by atoms with Gasteiger partial charge in [-0.1, -0.05) is 0 Å². The Bertz CT molecular complexity index is 582. The van der Waals surface area contributed by atoms with Crippen LogP contribution in [0.5, 0.6) is 0 Å². The third kappa shape index (κ3) is 3.13. The molecule has 0 aliphatic heterocycles. The van der Waals surface area contributed by atoms with Crippen molar-refractivity contribution in [2.45, 2.75) is 16.4 Å². The summed E-state index contributed by atoms with van der Waals surface area (Å²) in [5.41, 5.74) is 0. The number of rotatable bonds is 3. The van der Waals surface area contributed by atoms with Gasteiger partial charge in [-0.25, -0.2) is 9.97 Å². The number of aromatic nitrogens is 5. The lowest BCUT2D eigenvalue weighted by molar-refractivity contribution is -0.145. The first-order valence-corrected chi connectivity index (χ1v) is 5.87.